The molecule has 23 heavy (non-hydrogen) atoms. The number of aromatic nitrogens is 3. The summed E-state index contributed by atoms with van der Waals surface area (Å²) in [6.45, 7) is 3.56. The van der Waals surface area contributed by atoms with Gasteiger partial charge in [0.25, 0.3) is 0 Å². The van der Waals surface area contributed by atoms with Crippen molar-refractivity contribution in [3.05, 3.63) is 29.5 Å². The van der Waals surface area contributed by atoms with Crippen LogP contribution in [-0.4, -0.2) is 40.4 Å². The van der Waals surface area contributed by atoms with Crippen LogP contribution in [-0.2, 0) is 11.3 Å². The van der Waals surface area contributed by atoms with Gasteiger partial charge >= 0.3 is 6.03 Å². The van der Waals surface area contributed by atoms with Gasteiger partial charge in [0.05, 0.1) is 18.9 Å². The molecule has 0 spiro atoms. The number of nitrogens with one attached hydrogen (secondary N) is 1. The van der Waals surface area contributed by atoms with E-state index in [2.05, 4.69) is 15.5 Å². The quantitative estimate of drug-likeness (QED) is 0.798. The molecule has 2 heterocycles. The zero-order valence-corrected chi connectivity index (χ0v) is 13.0. The fraction of sp³-hybridized carbons (Fsp3) is 0.357. The molecule has 0 aliphatic heterocycles. The minimum atomic E-state index is -0.550. The summed E-state index contributed by atoms with van der Waals surface area (Å²) in [6.07, 6.45) is 2.60. The predicted molar refractivity (Wildman–Crippen MR) is 80.3 cm³/mol. The maximum atomic E-state index is 12.2. The Morgan fingerprint density at radius 3 is 2.83 bits per heavy atom. The summed E-state index contributed by atoms with van der Waals surface area (Å²) >= 11 is 0. The van der Waals surface area contributed by atoms with Crippen molar-refractivity contribution in [3.8, 4) is 0 Å². The van der Waals surface area contributed by atoms with Crippen LogP contribution in [0, 0.1) is 6.92 Å². The molecule has 2 rings (SSSR count). The first-order valence-corrected chi connectivity index (χ1v) is 6.89. The third-order valence-corrected chi connectivity index (χ3v) is 3.28. The van der Waals surface area contributed by atoms with Gasteiger partial charge in [-0.05, 0) is 13.8 Å². The number of aldehydes is 2. The summed E-state index contributed by atoms with van der Waals surface area (Å²) < 4.78 is 6.31. The normalized spacial score (nSPS) is 11.8. The Kier molecular flexibility index (Phi) is 4.89. The molecular formula is C14H17N5O4. The van der Waals surface area contributed by atoms with Crippen molar-refractivity contribution in [2.75, 3.05) is 11.9 Å². The Labute approximate surface area is 132 Å². The molecule has 1 atom stereocenters. The Hall–Kier alpha value is -2.97. The molecule has 1 N–H and O–H groups in total. The SMILES string of the molecule is Cc1cc(CNC(=O)N(C)c2ncn([C@@H](C)C=O)c2C=O)no1. The lowest BCUT2D eigenvalue weighted by Crippen LogP contribution is -2.37. The van der Waals surface area contributed by atoms with Gasteiger partial charge in [-0.1, -0.05) is 5.16 Å². The van der Waals surface area contributed by atoms with E-state index in [4.69, 9.17) is 4.52 Å². The number of hydrogen-bond donors (Lipinski definition) is 1. The first-order valence-electron chi connectivity index (χ1n) is 6.89. The number of anilines is 1. The van der Waals surface area contributed by atoms with Crippen LogP contribution in [0.3, 0.4) is 0 Å². The van der Waals surface area contributed by atoms with E-state index in [1.54, 1.807) is 19.9 Å². The zero-order chi connectivity index (χ0) is 17.0. The Bertz CT molecular complexity index is 721. The number of urea groups is 1. The highest BCUT2D eigenvalue weighted by molar-refractivity contribution is 5.95. The molecule has 9 heteroatoms. The van der Waals surface area contributed by atoms with E-state index in [0.717, 1.165) is 0 Å². The second-order valence-electron chi connectivity index (χ2n) is 5.00. The maximum absolute atomic E-state index is 12.2. The first-order chi connectivity index (χ1) is 11.0. The molecule has 0 saturated heterocycles. The number of carbonyl (C=O) groups excluding carboxylic acids is 3. The zero-order valence-electron chi connectivity index (χ0n) is 13.0. The molecule has 0 unspecified atom stereocenters. The summed E-state index contributed by atoms with van der Waals surface area (Å²) in [7, 11) is 1.48. The number of nitrogens with zero attached hydrogens (tertiary/aromatic N) is 4. The summed E-state index contributed by atoms with van der Waals surface area (Å²) in [5, 5.41) is 6.41. The average molecular weight is 319 g/mol. The van der Waals surface area contributed by atoms with Crippen molar-refractivity contribution in [3.63, 3.8) is 0 Å². The van der Waals surface area contributed by atoms with Crippen molar-refractivity contribution >= 4 is 24.4 Å². The number of hydrogen-bond acceptors (Lipinski definition) is 6. The van der Waals surface area contributed by atoms with Gasteiger partial charge < -0.3 is 19.2 Å². The highest BCUT2D eigenvalue weighted by Gasteiger charge is 2.21. The second-order valence-corrected chi connectivity index (χ2v) is 5.00. The van der Waals surface area contributed by atoms with Crippen molar-refractivity contribution in [2.45, 2.75) is 26.4 Å². The second kappa shape index (κ2) is 6.86. The monoisotopic (exact) mass is 319 g/mol. The van der Waals surface area contributed by atoms with Crippen molar-refractivity contribution in [2.24, 2.45) is 0 Å². The van der Waals surface area contributed by atoms with Crippen LogP contribution in [0.15, 0.2) is 16.9 Å². The molecule has 2 amide bonds. The number of amides is 2. The summed E-state index contributed by atoms with van der Waals surface area (Å²) in [5.74, 6) is 0.815. The molecule has 9 nitrogen and oxygen atoms in total. The Balaban J connectivity index is 2.11. The van der Waals surface area contributed by atoms with Gasteiger partial charge in [0.2, 0.25) is 0 Å². The van der Waals surface area contributed by atoms with E-state index in [1.807, 2.05) is 0 Å². The van der Waals surface area contributed by atoms with Crippen molar-refractivity contribution < 1.29 is 18.9 Å². The van der Waals surface area contributed by atoms with Gasteiger partial charge in [-0.2, -0.15) is 0 Å². The molecule has 2 aromatic rings. The van der Waals surface area contributed by atoms with E-state index in [1.165, 1.54) is 22.8 Å². The van der Waals surface area contributed by atoms with Crippen molar-refractivity contribution in [1.29, 1.82) is 0 Å². The van der Waals surface area contributed by atoms with Crippen LogP contribution in [0.25, 0.3) is 0 Å². The van der Waals surface area contributed by atoms with Crippen molar-refractivity contribution in [1.82, 2.24) is 20.0 Å². The summed E-state index contributed by atoms with van der Waals surface area (Å²) in [6, 6.07) is 0.696. The molecule has 0 aliphatic carbocycles. The van der Waals surface area contributed by atoms with Crippen LogP contribution in [0.2, 0.25) is 0 Å². The van der Waals surface area contributed by atoms with E-state index in [-0.39, 0.29) is 18.1 Å². The highest BCUT2D eigenvalue weighted by Crippen LogP contribution is 2.19. The Morgan fingerprint density at radius 1 is 1.52 bits per heavy atom. The van der Waals surface area contributed by atoms with Crippen LogP contribution in [0.1, 0.15) is 34.9 Å². The first kappa shape index (κ1) is 16.4. The molecule has 0 saturated carbocycles. The fourth-order valence-corrected chi connectivity index (χ4v) is 2.00. The van der Waals surface area contributed by atoms with E-state index >= 15 is 0 Å². The molecule has 0 radical (unpaired) electrons. The average Bonchev–Trinajstić information content (AvgIpc) is 3.16. The van der Waals surface area contributed by atoms with Crippen LogP contribution < -0.4 is 10.2 Å². The third-order valence-electron chi connectivity index (χ3n) is 3.28. The lowest BCUT2D eigenvalue weighted by Gasteiger charge is -2.16. The largest absolute Gasteiger partial charge is 0.361 e. The summed E-state index contributed by atoms with van der Waals surface area (Å²) in [4.78, 5) is 39.6. The number of rotatable bonds is 6. The highest BCUT2D eigenvalue weighted by atomic mass is 16.5. The molecular weight excluding hydrogens is 302 g/mol. The predicted octanol–water partition coefficient (Wildman–Crippen LogP) is 1.10. The molecule has 0 aromatic carbocycles. The van der Waals surface area contributed by atoms with Gasteiger partial charge in [-0.3, -0.25) is 9.69 Å². The maximum Gasteiger partial charge on any atom is 0.323 e. The fourth-order valence-electron chi connectivity index (χ4n) is 2.00. The molecule has 2 aromatic heterocycles. The molecule has 0 aliphatic rings. The smallest absolute Gasteiger partial charge is 0.323 e. The van der Waals surface area contributed by atoms with Gasteiger partial charge in [0.15, 0.2) is 12.1 Å². The number of aryl methyl sites for hydroxylation is 1. The Morgan fingerprint density at radius 2 is 2.26 bits per heavy atom. The minimum absolute atomic E-state index is 0.152. The summed E-state index contributed by atoms with van der Waals surface area (Å²) in [5.41, 5.74) is 0.736. The molecule has 0 bridgehead atoms. The standard InChI is InChI=1S/C14H17N5O4/c1-9(6-20)19-8-16-13(12(19)7-21)18(3)14(22)15-5-11-4-10(2)23-17-11/h4,6-9H,5H2,1-3H3,(H,15,22)/t9-/m0/s1. The third kappa shape index (κ3) is 3.44. The topological polar surface area (TPSA) is 110 Å². The van der Waals surface area contributed by atoms with Gasteiger partial charge in [0.1, 0.15) is 23.4 Å². The lowest BCUT2D eigenvalue weighted by atomic mass is 10.3. The lowest BCUT2D eigenvalue weighted by molar-refractivity contribution is -0.110. The number of imidazole rings is 1. The van der Waals surface area contributed by atoms with Crippen LogP contribution in [0.4, 0.5) is 10.6 Å². The number of carbonyl (C=O) groups is 3. The molecule has 0 fully saturated rings. The van der Waals surface area contributed by atoms with Gasteiger partial charge in [-0.25, -0.2) is 9.78 Å². The molecule has 122 valence electrons. The van der Waals surface area contributed by atoms with E-state index < -0.39 is 12.1 Å². The van der Waals surface area contributed by atoms with E-state index in [0.29, 0.717) is 24.0 Å². The van der Waals surface area contributed by atoms with Crippen LogP contribution in [0.5, 0.6) is 0 Å². The van der Waals surface area contributed by atoms with Crippen LogP contribution >= 0.6 is 0 Å². The van der Waals surface area contributed by atoms with E-state index in [9.17, 15) is 14.4 Å². The van der Waals surface area contributed by atoms with Gasteiger partial charge in [-0.15, -0.1) is 0 Å². The minimum Gasteiger partial charge on any atom is -0.361 e. The van der Waals surface area contributed by atoms with Gasteiger partial charge in [0, 0.05) is 13.1 Å².